The van der Waals surface area contributed by atoms with Crippen molar-refractivity contribution >= 4 is 55.7 Å². The van der Waals surface area contributed by atoms with Crippen LogP contribution in [0.15, 0.2) is 24.8 Å². The van der Waals surface area contributed by atoms with E-state index in [1.54, 1.807) is 33.8 Å². The summed E-state index contributed by atoms with van der Waals surface area (Å²) in [4.78, 5) is 44.5. The predicted octanol–water partition coefficient (Wildman–Crippen LogP) is 4.14. The Labute approximate surface area is 207 Å². The average Bonchev–Trinajstić information content (AvgIpc) is 3.50. The van der Waals surface area contributed by atoms with Crippen molar-refractivity contribution < 1.29 is 38.1 Å². The van der Waals surface area contributed by atoms with Crippen LogP contribution in [-0.4, -0.2) is 61.0 Å². The van der Waals surface area contributed by atoms with E-state index in [-0.39, 0.29) is 38.8 Å². The van der Waals surface area contributed by atoms with Gasteiger partial charge in [0.25, 0.3) is 0 Å². The quantitative estimate of drug-likeness (QED) is 0.117. The highest BCUT2D eigenvalue weighted by atomic mass is 79.9. The van der Waals surface area contributed by atoms with Crippen molar-refractivity contribution in [2.45, 2.75) is 40.5 Å². The highest BCUT2D eigenvalue weighted by molar-refractivity contribution is 9.09. The van der Waals surface area contributed by atoms with Crippen molar-refractivity contribution in [1.82, 2.24) is 0 Å². The third-order valence-corrected chi connectivity index (χ3v) is 4.57. The van der Waals surface area contributed by atoms with Crippen molar-refractivity contribution in [3.63, 3.8) is 0 Å². The van der Waals surface area contributed by atoms with Crippen LogP contribution in [0.1, 0.15) is 40.5 Å². The first-order valence-corrected chi connectivity index (χ1v) is 12.5. The highest BCUT2D eigenvalue weighted by Crippen LogP contribution is 2.55. The second-order valence-electron chi connectivity index (χ2n) is 6.03. The summed E-state index contributed by atoms with van der Waals surface area (Å²) in [5.41, 5.74) is -1.10. The minimum Gasteiger partial charge on any atom is -0.466 e. The molecule has 32 heavy (non-hydrogen) atoms. The Balaban J connectivity index is 0. The zero-order valence-corrected chi connectivity index (χ0v) is 22.4. The van der Waals surface area contributed by atoms with Crippen LogP contribution < -0.4 is 0 Å². The maximum atomic E-state index is 11.6. The molecule has 1 saturated carbocycles. The van der Waals surface area contributed by atoms with Gasteiger partial charge in [-0.25, -0.2) is 0 Å². The van der Waals surface area contributed by atoms with Crippen molar-refractivity contribution in [3.05, 3.63) is 24.8 Å². The SMILES string of the molecule is BrC/C=C/CBr.C=CC1CC1(C(=O)OCC)C(=O)OCC.CCOC(=O)CC(=O)OCC. The topological polar surface area (TPSA) is 105 Å². The summed E-state index contributed by atoms with van der Waals surface area (Å²) in [6.45, 7) is 11.5. The molecule has 1 aliphatic carbocycles. The van der Waals surface area contributed by atoms with Gasteiger partial charge in [0.15, 0.2) is 5.41 Å². The Morgan fingerprint density at radius 2 is 1.19 bits per heavy atom. The molecule has 1 fully saturated rings. The van der Waals surface area contributed by atoms with Gasteiger partial charge in [0.05, 0.1) is 26.4 Å². The lowest BCUT2D eigenvalue weighted by Gasteiger charge is -2.13. The fourth-order valence-corrected chi connectivity index (χ4v) is 2.84. The van der Waals surface area contributed by atoms with Crippen LogP contribution >= 0.6 is 31.9 Å². The minimum absolute atomic E-state index is 0.143. The lowest BCUT2D eigenvalue weighted by Crippen LogP contribution is -2.31. The first-order chi connectivity index (χ1) is 15.2. The number of esters is 4. The molecule has 0 aromatic rings. The predicted molar refractivity (Wildman–Crippen MR) is 129 cm³/mol. The molecule has 1 atom stereocenters. The lowest BCUT2D eigenvalue weighted by atomic mass is 10.0. The molecule has 0 aromatic heterocycles. The number of allylic oxidation sites excluding steroid dienone is 3. The summed E-state index contributed by atoms with van der Waals surface area (Å²) in [5, 5.41) is 1.91. The number of ether oxygens (including phenoxy) is 4. The number of carbonyl (C=O) groups is 4. The summed E-state index contributed by atoms with van der Waals surface area (Å²) in [7, 11) is 0. The number of alkyl halides is 2. The van der Waals surface area contributed by atoms with E-state index in [0.717, 1.165) is 10.7 Å². The summed E-state index contributed by atoms with van der Waals surface area (Å²) in [5.74, 6) is -2.20. The molecule has 0 N–H and O–H groups in total. The molecule has 0 amide bonds. The van der Waals surface area contributed by atoms with E-state index < -0.39 is 29.3 Å². The molecule has 0 spiro atoms. The van der Waals surface area contributed by atoms with Crippen LogP contribution in [0.3, 0.4) is 0 Å². The zero-order chi connectivity index (χ0) is 25.0. The molecule has 0 saturated heterocycles. The molecule has 184 valence electrons. The third-order valence-electron chi connectivity index (χ3n) is 3.82. The molecule has 8 nitrogen and oxygen atoms in total. The molecule has 0 heterocycles. The largest absolute Gasteiger partial charge is 0.466 e. The molecular formula is C22H34Br2O8. The maximum Gasteiger partial charge on any atom is 0.324 e. The Morgan fingerprint density at radius 1 is 0.812 bits per heavy atom. The number of carbonyl (C=O) groups excluding carboxylic acids is 4. The Hall–Kier alpha value is -1.68. The van der Waals surface area contributed by atoms with Gasteiger partial charge in [-0.3, -0.25) is 19.2 Å². The van der Waals surface area contributed by atoms with Crippen molar-refractivity contribution in [2.75, 3.05) is 37.1 Å². The lowest BCUT2D eigenvalue weighted by molar-refractivity contribution is -0.165. The van der Waals surface area contributed by atoms with E-state index in [1.165, 1.54) is 0 Å². The Bertz CT molecular complexity index is 579. The van der Waals surface area contributed by atoms with E-state index in [2.05, 4.69) is 60.1 Å². The Kier molecular flexibility index (Phi) is 20.3. The van der Waals surface area contributed by atoms with Gasteiger partial charge < -0.3 is 18.9 Å². The van der Waals surface area contributed by atoms with Gasteiger partial charge in [-0.15, -0.1) is 6.58 Å². The maximum absolute atomic E-state index is 11.6. The molecule has 0 bridgehead atoms. The first kappa shape index (κ1) is 32.5. The molecule has 0 aliphatic heterocycles. The van der Waals surface area contributed by atoms with Crippen molar-refractivity contribution in [3.8, 4) is 0 Å². The highest BCUT2D eigenvalue weighted by Gasteiger charge is 2.66. The van der Waals surface area contributed by atoms with E-state index >= 15 is 0 Å². The van der Waals surface area contributed by atoms with Gasteiger partial charge >= 0.3 is 23.9 Å². The number of halogens is 2. The van der Waals surface area contributed by atoms with Crippen molar-refractivity contribution in [2.24, 2.45) is 11.3 Å². The standard InChI is InChI=1S/C11H16O4.C7H12O4.C4H6Br2/c1-4-8-7-11(8,9(12)14-5-2)10(13)15-6-3;1-3-10-6(8)5-7(9)11-4-2;5-3-1-2-4-6/h4,8H,1,5-7H2,2-3H3;3-5H2,1-2H3;1-2H,3-4H2/b;;2-1+. The van der Waals surface area contributed by atoms with Crippen molar-refractivity contribution in [1.29, 1.82) is 0 Å². The first-order valence-electron chi connectivity index (χ1n) is 10.3. The van der Waals surface area contributed by atoms with Crippen LogP contribution in [0, 0.1) is 11.3 Å². The van der Waals surface area contributed by atoms with Crippen LogP contribution in [-0.2, 0) is 38.1 Å². The molecule has 1 aliphatic rings. The van der Waals surface area contributed by atoms with E-state index in [4.69, 9.17) is 9.47 Å². The molecule has 0 aromatic carbocycles. The number of rotatable bonds is 11. The summed E-state index contributed by atoms with van der Waals surface area (Å²) in [6.07, 6.45) is 5.87. The summed E-state index contributed by atoms with van der Waals surface area (Å²) < 4.78 is 18.8. The molecular weight excluding hydrogens is 552 g/mol. The summed E-state index contributed by atoms with van der Waals surface area (Å²) >= 11 is 6.49. The number of hydrogen-bond donors (Lipinski definition) is 0. The van der Waals surface area contributed by atoms with E-state index in [9.17, 15) is 19.2 Å². The average molecular weight is 586 g/mol. The van der Waals surface area contributed by atoms with E-state index in [1.807, 2.05) is 0 Å². The zero-order valence-electron chi connectivity index (χ0n) is 19.2. The van der Waals surface area contributed by atoms with Gasteiger partial charge in [0.1, 0.15) is 6.42 Å². The monoisotopic (exact) mass is 584 g/mol. The van der Waals surface area contributed by atoms with Gasteiger partial charge in [-0.05, 0) is 34.1 Å². The van der Waals surface area contributed by atoms with Gasteiger partial charge in [0, 0.05) is 16.6 Å². The third kappa shape index (κ3) is 13.0. The van der Waals surface area contributed by atoms with Crippen LogP contribution in [0.4, 0.5) is 0 Å². The second kappa shape index (κ2) is 20.0. The van der Waals surface area contributed by atoms with E-state index in [0.29, 0.717) is 6.42 Å². The fourth-order valence-electron chi connectivity index (χ4n) is 2.31. The van der Waals surface area contributed by atoms with Crippen LogP contribution in [0.2, 0.25) is 0 Å². The Morgan fingerprint density at radius 3 is 1.44 bits per heavy atom. The van der Waals surface area contributed by atoms with Gasteiger partial charge in [-0.2, -0.15) is 0 Å². The van der Waals surface area contributed by atoms with Gasteiger partial charge in [-0.1, -0.05) is 50.1 Å². The normalized spacial score (nSPS) is 15.1. The minimum atomic E-state index is -1.10. The van der Waals surface area contributed by atoms with Crippen LogP contribution in [0.5, 0.6) is 0 Å². The fraction of sp³-hybridized carbons (Fsp3) is 0.636. The smallest absolute Gasteiger partial charge is 0.324 e. The number of hydrogen-bond acceptors (Lipinski definition) is 8. The summed E-state index contributed by atoms with van der Waals surface area (Å²) in [6, 6.07) is 0. The van der Waals surface area contributed by atoms with Crippen LogP contribution in [0.25, 0.3) is 0 Å². The molecule has 1 rings (SSSR count). The molecule has 1 unspecified atom stereocenters. The molecule has 0 radical (unpaired) electrons. The molecule has 10 heteroatoms. The second-order valence-corrected chi connectivity index (χ2v) is 7.32. The van der Waals surface area contributed by atoms with Gasteiger partial charge in [0.2, 0.25) is 0 Å².